The van der Waals surface area contributed by atoms with Crippen LogP contribution in [0, 0.1) is 0 Å². The van der Waals surface area contributed by atoms with E-state index >= 15 is 0 Å². The first-order chi connectivity index (χ1) is 14.0. The number of carbonyl (C=O) groups excluding carboxylic acids is 3. The van der Waals surface area contributed by atoms with Crippen LogP contribution < -0.4 is 4.90 Å². The van der Waals surface area contributed by atoms with Gasteiger partial charge in [-0.05, 0) is 48.9 Å². The average molecular weight is 410 g/mol. The molecule has 0 aliphatic carbocycles. The molecule has 5 rings (SSSR count). The first-order valence-electron chi connectivity index (χ1n) is 10.1. The van der Waals surface area contributed by atoms with Crippen LogP contribution in [0.15, 0.2) is 35.7 Å². The fourth-order valence-corrected chi connectivity index (χ4v) is 5.76. The van der Waals surface area contributed by atoms with Crippen LogP contribution in [0.1, 0.15) is 47.0 Å². The van der Waals surface area contributed by atoms with E-state index in [1.807, 2.05) is 30.0 Å². The second kappa shape index (κ2) is 6.69. The van der Waals surface area contributed by atoms with Crippen LogP contribution in [0.4, 0.5) is 5.69 Å². The average Bonchev–Trinajstić information content (AvgIpc) is 3.31. The number of nitrogens with zero attached hydrogens (tertiary/aromatic N) is 3. The monoisotopic (exact) mass is 409 g/mol. The zero-order valence-electron chi connectivity index (χ0n) is 16.4. The third kappa shape index (κ3) is 2.79. The van der Waals surface area contributed by atoms with Crippen molar-refractivity contribution in [3.63, 3.8) is 0 Å². The third-order valence-electron chi connectivity index (χ3n) is 6.46. The summed E-state index contributed by atoms with van der Waals surface area (Å²) < 4.78 is 0. The number of hydrogen-bond donors (Lipinski definition) is 0. The van der Waals surface area contributed by atoms with Gasteiger partial charge in [-0.25, -0.2) is 0 Å². The Hall–Kier alpha value is -2.67. The molecular formula is C22H23N3O3S. The normalized spacial score (nSPS) is 23.1. The van der Waals surface area contributed by atoms with E-state index in [2.05, 4.69) is 11.4 Å². The molecule has 1 aromatic carbocycles. The molecule has 1 unspecified atom stereocenters. The quantitative estimate of drug-likeness (QED) is 0.783. The largest absolute Gasteiger partial charge is 0.338 e. The van der Waals surface area contributed by atoms with Crippen molar-refractivity contribution < 1.29 is 14.4 Å². The SMILES string of the molecule is CC12CCC(=O)N1c1ccccc1C(=O)N2CCC(=O)N1CCc2sccc2C1. The van der Waals surface area contributed by atoms with Crippen LogP contribution in [0.5, 0.6) is 0 Å². The van der Waals surface area contributed by atoms with Crippen LogP contribution >= 0.6 is 11.3 Å². The molecule has 1 fully saturated rings. The van der Waals surface area contributed by atoms with E-state index in [-0.39, 0.29) is 24.1 Å². The van der Waals surface area contributed by atoms with Crippen molar-refractivity contribution in [1.29, 1.82) is 0 Å². The number of anilines is 1. The van der Waals surface area contributed by atoms with E-state index in [4.69, 9.17) is 0 Å². The number of fused-ring (bicyclic) bond motifs is 4. The van der Waals surface area contributed by atoms with Gasteiger partial charge in [0.1, 0.15) is 5.66 Å². The topological polar surface area (TPSA) is 60.9 Å². The minimum atomic E-state index is -0.703. The van der Waals surface area contributed by atoms with Crippen molar-refractivity contribution in [2.75, 3.05) is 18.0 Å². The van der Waals surface area contributed by atoms with Crippen LogP contribution in [0.3, 0.4) is 0 Å². The van der Waals surface area contributed by atoms with Gasteiger partial charge in [-0.1, -0.05) is 12.1 Å². The van der Waals surface area contributed by atoms with Crippen molar-refractivity contribution in [3.05, 3.63) is 51.7 Å². The van der Waals surface area contributed by atoms with Crippen molar-refractivity contribution >= 4 is 34.7 Å². The second-order valence-electron chi connectivity index (χ2n) is 8.10. The van der Waals surface area contributed by atoms with E-state index in [0.29, 0.717) is 37.2 Å². The zero-order valence-corrected chi connectivity index (χ0v) is 17.2. The molecule has 1 atom stereocenters. The molecular weight excluding hydrogens is 386 g/mol. The number of benzene rings is 1. The second-order valence-corrected chi connectivity index (χ2v) is 9.11. The number of hydrogen-bond acceptors (Lipinski definition) is 4. The Morgan fingerprint density at radius 3 is 2.86 bits per heavy atom. The smallest absolute Gasteiger partial charge is 0.257 e. The highest BCUT2D eigenvalue weighted by molar-refractivity contribution is 7.10. The molecule has 3 amide bonds. The number of rotatable bonds is 3. The molecule has 29 heavy (non-hydrogen) atoms. The summed E-state index contributed by atoms with van der Waals surface area (Å²) in [6, 6.07) is 9.36. The van der Waals surface area contributed by atoms with Crippen LogP contribution in [-0.4, -0.2) is 46.3 Å². The van der Waals surface area contributed by atoms with Gasteiger partial charge in [-0.3, -0.25) is 19.3 Å². The maximum Gasteiger partial charge on any atom is 0.257 e. The lowest BCUT2D eigenvalue weighted by Gasteiger charge is -2.48. The number of amides is 3. The summed E-state index contributed by atoms with van der Waals surface area (Å²) in [4.78, 5) is 45.5. The van der Waals surface area contributed by atoms with Crippen LogP contribution in [0.2, 0.25) is 0 Å². The molecule has 7 heteroatoms. The zero-order chi connectivity index (χ0) is 20.2. The summed E-state index contributed by atoms with van der Waals surface area (Å²) in [5, 5.41) is 2.08. The molecule has 2 aromatic rings. The Balaban J connectivity index is 1.36. The standard InChI is InChI=1S/C22H23N3O3S/c1-22-10-6-20(27)25(22)17-5-3-2-4-16(17)21(28)24(22)12-8-19(26)23-11-7-18-15(14-23)9-13-29-18/h2-5,9,13H,6-8,10-12,14H2,1H3. The molecule has 0 spiro atoms. The summed E-state index contributed by atoms with van der Waals surface area (Å²) in [5.41, 5.74) is 1.75. The molecule has 1 aromatic heterocycles. The predicted octanol–water partition coefficient (Wildman–Crippen LogP) is 3.02. The summed E-state index contributed by atoms with van der Waals surface area (Å²) >= 11 is 1.75. The summed E-state index contributed by atoms with van der Waals surface area (Å²) in [5.74, 6) is -0.00149. The first kappa shape index (κ1) is 18.4. The van der Waals surface area contributed by atoms with E-state index in [9.17, 15) is 14.4 Å². The van der Waals surface area contributed by atoms with Gasteiger partial charge in [-0.15, -0.1) is 11.3 Å². The number of carbonyl (C=O) groups is 3. The molecule has 3 aliphatic heterocycles. The fourth-order valence-electron chi connectivity index (χ4n) is 4.87. The molecule has 6 nitrogen and oxygen atoms in total. The summed E-state index contributed by atoms with van der Waals surface area (Å²) in [6.45, 7) is 3.63. The van der Waals surface area contributed by atoms with Crippen molar-refractivity contribution in [2.45, 2.75) is 44.8 Å². The van der Waals surface area contributed by atoms with Gasteiger partial charge in [0, 0.05) is 37.4 Å². The number of para-hydroxylation sites is 1. The predicted molar refractivity (Wildman–Crippen MR) is 111 cm³/mol. The van der Waals surface area contributed by atoms with Gasteiger partial charge in [0.2, 0.25) is 11.8 Å². The van der Waals surface area contributed by atoms with Crippen molar-refractivity contribution in [2.24, 2.45) is 0 Å². The third-order valence-corrected chi connectivity index (χ3v) is 7.48. The molecule has 0 radical (unpaired) electrons. The minimum Gasteiger partial charge on any atom is -0.338 e. The summed E-state index contributed by atoms with van der Waals surface area (Å²) in [7, 11) is 0. The van der Waals surface area contributed by atoms with Gasteiger partial charge < -0.3 is 9.80 Å². The van der Waals surface area contributed by atoms with Gasteiger partial charge >= 0.3 is 0 Å². The highest BCUT2D eigenvalue weighted by Gasteiger charge is 2.52. The Labute approximate surface area is 173 Å². The Bertz CT molecular complexity index is 1020. The lowest BCUT2D eigenvalue weighted by Crippen LogP contribution is -2.62. The highest BCUT2D eigenvalue weighted by atomic mass is 32.1. The van der Waals surface area contributed by atoms with Gasteiger partial charge in [-0.2, -0.15) is 0 Å². The number of thiophene rings is 1. The maximum atomic E-state index is 13.3. The van der Waals surface area contributed by atoms with Gasteiger partial charge in [0.15, 0.2) is 0 Å². The highest BCUT2D eigenvalue weighted by Crippen LogP contribution is 2.44. The summed E-state index contributed by atoms with van der Waals surface area (Å²) in [6.07, 6.45) is 2.16. The molecule has 3 aliphatic rings. The van der Waals surface area contributed by atoms with Crippen molar-refractivity contribution in [1.82, 2.24) is 9.80 Å². The Morgan fingerprint density at radius 1 is 1.17 bits per heavy atom. The van der Waals surface area contributed by atoms with E-state index in [1.54, 1.807) is 27.2 Å². The van der Waals surface area contributed by atoms with Crippen molar-refractivity contribution in [3.8, 4) is 0 Å². The van der Waals surface area contributed by atoms with E-state index < -0.39 is 5.66 Å². The minimum absolute atomic E-state index is 0.0322. The first-order valence-corrected chi connectivity index (χ1v) is 10.9. The van der Waals surface area contributed by atoms with Gasteiger partial charge in [0.05, 0.1) is 11.3 Å². The van der Waals surface area contributed by atoms with Crippen LogP contribution in [-0.2, 0) is 22.6 Å². The Kier molecular flexibility index (Phi) is 4.24. The maximum absolute atomic E-state index is 13.3. The van der Waals surface area contributed by atoms with E-state index in [0.717, 1.165) is 13.0 Å². The lowest BCUT2D eigenvalue weighted by molar-refractivity contribution is -0.132. The van der Waals surface area contributed by atoms with E-state index in [1.165, 1.54) is 10.4 Å². The molecule has 0 saturated carbocycles. The van der Waals surface area contributed by atoms with Crippen LogP contribution in [0.25, 0.3) is 0 Å². The molecule has 4 heterocycles. The molecule has 0 N–H and O–H groups in total. The molecule has 1 saturated heterocycles. The van der Waals surface area contributed by atoms with Gasteiger partial charge in [0.25, 0.3) is 5.91 Å². The molecule has 150 valence electrons. The molecule has 0 bridgehead atoms. The lowest BCUT2D eigenvalue weighted by atomic mass is 9.98. The Morgan fingerprint density at radius 2 is 2.00 bits per heavy atom. The fraction of sp³-hybridized carbons (Fsp3) is 0.409.